The zero-order chi connectivity index (χ0) is 21.3. The molecule has 0 aliphatic rings. The molecule has 0 radical (unpaired) electrons. The highest BCUT2D eigenvalue weighted by Crippen LogP contribution is 2.28. The zero-order valence-corrected chi connectivity index (χ0v) is 16.8. The van der Waals surface area contributed by atoms with Crippen molar-refractivity contribution in [1.29, 1.82) is 0 Å². The number of aliphatic hydroxyl groups is 1. The molecule has 0 fully saturated rings. The van der Waals surface area contributed by atoms with Crippen LogP contribution in [0.25, 0.3) is 10.9 Å². The molecule has 0 saturated heterocycles. The summed E-state index contributed by atoms with van der Waals surface area (Å²) in [7, 11) is 1.55. The normalized spacial score (nSPS) is 11.5. The minimum atomic E-state index is -0.408. The minimum absolute atomic E-state index is 0.125. The molecule has 0 aliphatic heterocycles. The fraction of sp³-hybridized carbons (Fsp3) is 0.261. The molecule has 0 spiro atoms. The van der Waals surface area contributed by atoms with E-state index < -0.39 is 6.04 Å². The van der Waals surface area contributed by atoms with Crippen molar-refractivity contribution in [3.05, 3.63) is 59.8 Å². The van der Waals surface area contributed by atoms with Crippen LogP contribution in [-0.4, -0.2) is 42.5 Å². The molecule has 4 N–H and O–H groups in total. The van der Waals surface area contributed by atoms with Gasteiger partial charge in [-0.2, -0.15) is 0 Å². The summed E-state index contributed by atoms with van der Waals surface area (Å²) in [5.74, 6) is 3.49. The molecule has 1 aromatic heterocycles. The molecular formula is C23H25N3O4. The van der Waals surface area contributed by atoms with Crippen molar-refractivity contribution in [3.63, 3.8) is 0 Å². The third-order valence-electron chi connectivity index (χ3n) is 4.69. The van der Waals surface area contributed by atoms with E-state index in [4.69, 9.17) is 15.9 Å². The topological polar surface area (TPSA) is 95.6 Å². The van der Waals surface area contributed by atoms with Gasteiger partial charge >= 0.3 is 6.03 Å². The second kappa shape index (κ2) is 10.2. The number of ether oxygens (including phenoxy) is 2. The van der Waals surface area contributed by atoms with E-state index >= 15 is 0 Å². The Morgan fingerprint density at radius 3 is 2.87 bits per heavy atom. The number of aromatic nitrogens is 1. The Balaban J connectivity index is 1.57. The van der Waals surface area contributed by atoms with Crippen molar-refractivity contribution in [3.8, 4) is 23.8 Å². The molecule has 30 heavy (non-hydrogen) atoms. The number of hydrogen-bond donors (Lipinski definition) is 4. The van der Waals surface area contributed by atoms with Crippen LogP contribution in [0.4, 0.5) is 4.79 Å². The van der Waals surface area contributed by atoms with Crippen molar-refractivity contribution in [2.24, 2.45) is 0 Å². The SMILES string of the molecule is C#CCOc1cc(CNC(=O)NC(CO)Cc2c[nH]c3ccccc23)ccc1OC. The average molecular weight is 407 g/mol. The maximum atomic E-state index is 12.3. The number of benzene rings is 2. The van der Waals surface area contributed by atoms with Gasteiger partial charge in [0.1, 0.15) is 6.61 Å². The van der Waals surface area contributed by atoms with E-state index in [-0.39, 0.29) is 25.8 Å². The third kappa shape index (κ3) is 5.25. The number of para-hydroxylation sites is 1. The number of rotatable bonds is 9. The summed E-state index contributed by atoms with van der Waals surface area (Å²) in [5.41, 5.74) is 2.89. The summed E-state index contributed by atoms with van der Waals surface area (Å²) in [4.78, 5) is 15.5. The maximum absolute atomic E-state index is 12.3. The van der Waals surface area contributed by atoms with E-state index in [1.54, 1.807) is 19.2 Å². The zero-order valence-electron chi connectivity index (χ0n) is 16.8. The fourth-order valence-electron chi connectivity index (χ4n) is 3.21. The van der Waals surface area contributed by atoms with Crippen LogP contribution in [-0.2, 0) is 13.0 Å². The number of nitrogens with one attached hydrogen (secondary N) is 3. The van der Waals surface area contributed by atoms with Gasteiger partial charge in [0.2, 0.25) is 0 Å². The number of terminal acetylenes is 1. The molecule has 0 bridgehead atoms. The molecule has 0 aliphatic carbocycles. The van der Waals surface area contributed by atoms with E-state index in [1.165, 1.54) is 0 Å². The lowest BCUT2D eigenvalue weighted by molar-refractivity contribution is 0.215. The van der Waals surface area contributed by atoms with Gasteiger partial charge in [-0.25, -0.2) is 4.79 Å². The summed E-state index contributed by atoms with van der Waals surface area (Å²) in [6.45, 7) is 0.243. The number of fused-ring (bicyclic) bond motifs is 1. The highest BCUT2D eigenvalue weighted by atomic mass is 16.5. The molecule has 156 valence electrons. The smallest absolute Gasteiger partial charge is 0.315 e. The number of hydrogen-bond acceptors (Lipinski definition) is 4. The summed E-state index contributed by atoms with van der Waals surface area (Å²) >= 11 is 0. The number of urea groups is 1. The largest absolute Gasteiger partial charge is 0.493 e. The Bertz CT molecular complexity index is 1040. The average Bonchev–Trinajstić information content (AvgIpc) is 3.18. The first kappa shape index (κ1) is 21.1. The lowest BCUT2D eigenvalue weighted by Crippen LogP contribution is -2.44. The summed E-state index contributed by atoms with van der Waals surface area (Å²) in [6.07, 6.45) is 7.66. The minimum Gasteiger partial charge on any atom is -0.493 e. The first-order valence-electron chi connectivity index (χ1n) is 9.58. The van der Waals surface area contributed by atoms with Crippen molar-refractivity contribution >= 4 is 16.9 Å². The summed E-state index contributed by atoms with van der Waals surface area (Å²) in [5, 5.41) is 16.4. The van der Waals surface area contributed by atoms with Gasteiger partial charge in [0, 0.05) is 23.6 Å². The van der Waals surface area contributed by atoms with Crippen LogP contribution in [0.15, 0.2) is 48.7 Å². The predicted molar refractivity (Wildman–Crippen MR) is 116 cm³/mol. The Hall–Kier alpha value is -3.63. The van der Waals surface area contributed by atoms with Gasteiger partial charge in [-0.15, -0.1) is 6.42 Å². The highest BCUT2D eigenvalue weighted by molar-refractivity contribution is 5.83. The molecule has 3 rings (SSSR count). The molecule has 0 saturated carbocycles. The number of carbonyl (C=O) groups is 1. The van der Waals surface area contributed by atoms with Gasteiger partial charge in [-0.05, 0) is 35.7 Å². The lowest BCUT2D eigenvalue weighted by Gasteiger charge is -2.17. The molecule has 3 aromatic rings. The third-order valence-corrected chi connectivity index (χ3v) is 4.69. The molecule has 1 atom stereocenters. The monoisotopic (exact) mass is 407 g/mol. The molecule has 2 amide bonds. The Morgan fingerprint density at radius 2 is 2.10 bits per heavy atom. The van der Waals surface area contributed by atoms with E-state index in [1.807, 2.05) is 36.5 Å². The standard InChI is InChI=1S/C23H25N3O4/c1-3-10-30-22-11-16(8-9-21(22)29-2)13-25-23(28)26-18(15-27)12-17-14-24-20-7-5-4-6-19(17)20/h1,4-9,11,14,18,24,27H,10,12-13,15H2,2H3,(H2,25,26,28). The first-order chi connectivity index (χ1) is 14.6. The van der Waals surface area contributed by atoms with Gasteiger partial charge in [0.15, 0.2) is 11.5 Å². The van der Waals surface area contributed by atoms with Gasteiger partial charge in [0.05, 0.1) is 19.8 Å². The number of amides is 2. The highest BCUT2D eigenvalue weighted by Gasteiger charge is 2.15. The van der Waals surface area contributed by atoms with Crippen LogP contribution in [0.1, 0.15) is 11.1 Å². The number of carbonyl (C=O) groups excluding carboxylic acids is 1. The van der Waals surface area contributed by atoms with Crippen molar-refractivity contribution in [2.45, 2.75) is 19.0 Å². The maximum Gasteiger partial charge on any atom is 0.315 e. The van der Waals surface area contributed by atoms with Crippen LogP contribution in [0.3, 0.4) is 0 Å². The number of aromatic amines is 1. The molecule has 2 aromatic carbocycles. The summed E-state index contributed by atoms with van der Waals surface area (Å²) < 4.78 is 10.7. The van der Waals surface area contributed by atoms with Crippen molar-refractivity contribution in [2.75, 3.05) is 20.3 Å². The second-order valence-corrected chi connectivity index (χ2v) is 6.75. The van der Waals surface area contributed by atoms with Crippen molar-refractivity contribution in [1.82, 2.24) is 15.6 Å². The molecular weight excluding hydrogens is 382 g/mol. The Kier molecular flexibility index (Phi) is 7.19. The first-order valence-corrected chi connectivity index (χ1v) is 9.58. The van der Waals surface area contributed by atoms with E-state index in [2.05, 4.69) is 21.5 Å². The predicted octanol–water partition coefficient (Wildman–Crippen LogP) is 2.59. The van der Waals surface area contributed by atoms with Crippen LogP contribution in [0.2, 0.25) is 0 Å². The van der Waals surface area contributed by atoms with Crippen LogP contribution in [0, 0.1) is 12.3 Å². The van der Waals surface area contributed by atoms with Crippen LogP contribution >= 0.6 is 0 Å². The lowest BCUT2D eigenvalue weighted by atomic mass is 10.1. The van der Waals surface area contributed by atoms with Crippen LogP contribution in [0.5, 0.6) is 11.5 Å². The van der Waals surface area contributed by atoms with Crippen LogP contribution < -0.4 is 20.1 Å². The summed E-state index contributed by atoms with van der Waals surface area (Å²) in [6, 6.07) is 12.5. The Morgan fingerprint density at radius 1 is 1.27 bits per heavy atom. The molecule has 1 unspecified atom stereocenters. The van der Waals surface area contributed by atoms with Gasteiger partial charge in [0.25, 0.3) is 0 Å². The molecule has 7 nitrogen and oxygen atoms in total. The van der Waals surface area contributed by atoms with E-state index in [9.17, 15) is 9.90 Å². The van der Waals surface area contributed by atoms with Gasteiger partial charge in [-0.3, -0.25) is 0 Å². The fourth-order valence-corrected chi connectivity index (χ4v) is 3.21. The number of methoxy groups -OCH3 is 1. The molecule has 1 heterocycles. The van der Waals surface area contributed by atoms with Gasteiger partial charge < -0.3 is 30.2 Å². The number of aliphatic hydroxyl groups excluding tert-OH is 1. The molecule has 7 heteroatoms. The van der Waals surface area contributed by atoms with Crippen molar-refractivity contribution < 1.29 is 19.4 Å². The van der Waals surface area contributed by atoms with E-state index in [0.717, 1.165) is 22.0 Å². The number of H-pyrrole nitrogens is 1. The van der Waals surface area contributed by atoms with E-state index in [0.29, 0.717) is 17.9 Å². The second-order valence-electron chi connectivity index (χ2n) is 6.75. The van der Waals surface area contributed by atoms with Gasteiger partial charge in [-0.1, -0.05) is 30.2 Å². The quantitative estimate of drug-likeness (QED) is 0.410. The Labute approximate surface area is 175 Å².